The van der Waals surface area contributed by atoms with Crippen LogP contribution in [0.25, 0.3) is 0 Å². The van der Waals surface area contributed by atoms with Crippen LogP contribution in [0.15, 0.2) is 28.0 Å². The minimum atomic E-state index is -0.333. The summed E-state index contributed by atoms with van der Waals surface area (Å²) in [5, 5.41) is 6.87. The van der Waals surface area contributed by atoms with Crippen molar-refractivity contribution in [3.8, 4) is 0 Å². The van der Waals surface area contributed by atoms with Crippen LogP contribution in [0.1, 0.15) is 25.0 Å². The Kier molecular flexibility index (Phi) is 3.82. The third-order valence-electron chi connectivity index (χ3n) is 4.87. The average Bonchev–Trinajstić information content (AvgIpc) is 3.35. The van der Waals surface area contributed by atoms with Gasteiger partial charge in [-0.2, -0.15) is 0 Å². The maximum absolute atomic E-state index is 12.2. The van der Waals surface area contributed by atoms with Gasteiger partial charge in [0.05, 0.1) is 19.4 Å². The Hall–Kier alpha value is -1.86. The molecule has 0 bridgehead atoms. The zero-order valence-corrected chi connectivity index (χ0v) is 13.0. The van der Waals surface area contributed by atoms with Crippen molar-refractivity contribution in [1.82, 2.24) is 10.2 Å². The van der Waals surface area contributed by atoms with Crippen molar-refractivity contribution < 1.29 is 18.8 Å². The summed E-state index contributed by atoms with van der Waals surface area (Å²) in [4.78, 5) is 20.3. The number of hydrogen-bond acceptors (Lipinski definition) is 6. The van der Waals surface area contributed by atoms with E-state index >= 15 is 0 Å². The number of furan rings is 1. The van der Waals surface area contributed by atoms with Crippen LogP contribution in [0.3, 0.4) is 0 Å². The van der Waals surface area contributed by atoms with Gasteiger partial charge in [0.15, 0.2) is 5.60 Å². The van der Waals surface area contributed by atoms with E-state index in [0.29, 0.717) is 24.7 Å². The number of hydrogen-bond donors (Lipinski definition) is 1. The maximum Gasteiger partial charge on any atom is 0.269 e. The van der Waals surface area contributed by atoms with Crippen LogP contribution in [0.4, 0.5) is 0 Å². The van der Waals surface area contributed by atoms with Crippen LogP contribution in [0.5, 0.6) is 0 Å². The number of likely N-dealkylation sites (tertiary alicyclic amines) is 1. The van der Waals surface area contributed by atoms with Crippen molar-refractivity contribution >= 4 is 11.6 Å². The number of rotatable bonds is 4. The van der Waals surface area contributed by atoms with Gasteiger partial charge in [0.1, 0.15) is 11.5 Å². The lowest BCUT2D eigenvalue weighted by molar-refractivity contribution is -0.115. The van der Waals surface area contributed by atoms with E-state index in [1.807, 2.05) is 6.07 Å². The summed E-state index contributed by atoms with van der Waals surface area (Å²) >= 11 is 0. The molecule has 3 aliphatic rings. The predicted molar refractivity (Wildman–Crippen MR) is 81.8 cm³/mol. The van der Waals surface area contributed by atoms with Crippen molar-refractivity contribution in [2.45, 2.75) is 37.5 Å². The Balaban J connectivity index is 1.30. The van der Waals surface area contributed by atoms with E-state index in [4.69, 9.17) is 14.0 Å². The van der Waals surface area contributed by atoms with E-state index in [0.717, 1.165) is 44.9 Å². The number of oxime groups is 1. The molecule has 1 spiro atoms. The van der Waals surface area contributed by atoms with Crippen LogP contribution >= 0.6 is 0 Å². The molecular weight excluding hydrogens is 298 g/mol. The SMILES string of the molecule is O=C(NCc1ccco1)C1=NOC2(CCN(C3CCOC3)C2)C1. The first-order chi connectivity index (χ1) is 11.2. The van der Waals surface area contributed by atoms with Crippen molar-refractivity contribution in [3.05, 3.63) is 24.2 Å². The Bertz CT molecular complexity index is 594. The molecule has 4 heterocycles. The lowest BCUT2D eigenvalue weighted by Gasteiger charge is -2.25. The summed E-state index contributed by atoms with van der Waals surface area (Å²) in [6.45, 7) is 3.80. The highest BCUT2D eigenvalue weighted by atomic mass is 16.7. The van der Waals surface area contributed by atoms with Crippen molar-refractivity contribution in [3.63, 3.8) is 0 Å². The normalized spacial score (nSPS) is 30.6. The highest BCUT2D eigenvalue weighted by molar-refractivity contribution is 6.39. The van der Waals surface area contributed by atoms with Crippen LogP contribution < -0.4 is 5.32 Å². The lowest BCUT2D eigenvalue weighted by atomic mass is 9.96. The van der Waals surface area contributed by atoms with E-state index < -0.39 is 0 Å². The second-order valence-corrected chi connectivity index (χ2v) is 6.49. The first-order valence-corrected chi connectivity index (χ1v) is 8.12. The molecule has 2 atom stereocenters. The molecule has 124 valence electrons. The molecule has 1 aromatic heterocycles. The monoisotopic (exact) mass is 319 g/mol. The predicted octanol–water partition coefficient (Wildman–Crippen LogP) is 0.905. The van der Waals surface area contributed by atoms with E-state index in [1.54, 1.807) is 12.3 Å². The second-order valence-electron chi connectivity index (χ2n) is 6.49. The van der Waals surface area contributed by atoms with Gasteiger partial charge in [-0.15, -0.1) is 0 Å². The van der Waals surface area contributed by atoms with Crippen LogP contribution in [0, 0.1) is 0 Å². The number of amides is 1. The number of nitrogens with one attached hydrogen (secondary N) is 1. The molecule has 23 heavy (non-hydrogen) atoms. The minimum absolute atomic E-state index is 0.180. The van der Waals surface area contributed by atoms with E-state index in [2.05, 4.69) is 15.4 Å². The number of ether oxygens (including phenoxy) is 1. The topological polar surface area (TPSA) is 76.3 Å². The molecule has 0 aliphatic carbocycles. The number of carbonyl (C=O) groups excluding carboxylic acids is 1. The number of nitrogens with zero attached hydrogens (tertiary/aromatic N) is 2. The zero-order valence-electron chi connectivity index (χ0n) is 13.0. The van der Waals surface area contributed by atoms with Crippen molar-refractivity contribution in [1.29, 1.82) is 0 Å². The molecule has 4 rings (SSSR count). The molecule has 7 nitrogen and oxygen atoms in total. The molecule has 2 unspecified atom stereocenters. The second kappa shape index (κ2) is 5.98. The molecule has 7 heteroatoms. The first kappa shape index (κ1) is 14.7. The van der Waals surface area contributed by atoms with Gasteiger partial charge in [-0.25, -0.2) is 0 Å². The fraction of sp³-hybridized carbons (Fsp3) is 0.625. The van der Waals surface area contributed by atoms with Crippen molar-refractivity contribution in [2.24, 2.45) is 5.16 Å². The summed E-state index contributed by atoms with van der Waals surface area (Å²) in [5.41, 5.74) is 0.140. The third kappa shape index (κ3) is 2.98. The van der Waals surface area contributed by atoms with Gasteiger partial charge in [0, 0.05) is 38.6 Å². The van der Waals surface area contributed by atoms with E-state index in [9.17, 15) is 4.79 Å². The Morgan fingerprint density at radius 3 is 3.26 bits per heavy atom. The Labute approximate surface area is 134 Å². The Morgan fingerprint density at radius 2 is 2.48 bits per heavy atom. The quantitative estimate of drug-likeness (QED) is 0.892. The fourth-order valence-corrected chi connectivity index (χ4v) is 3.54. The van der Waals surface area contributed by atoms with Gasteiger partial charge in [0.25, 0.3) is 5.91 Å². The lowest BCUT2D eigenvalue weighted by Crippen LogP contribution is -2.40. The highest BCUT2D eigenvalue weighted by Crippen LogP contribution is 2.35. The van der Waals surface area contributed by atoms with Crippen LogP contribution in [-0.4, -0.2) is 54.5 Å². The van der Waals surface area contributed by atoms with Gasteiger partial charge in [0.2, 0.25) is 0 Å². The van der Waals surface area contributed by atoms with E-state index in [1.165, 1.54) is 0 Å². The summed E-state index contributed by atoms with van der Waals surface area (Å²) in [5.74, 6) is 0.543. The smallest absolute Gasteiger partial charge is 0.269 e. The molecule has 1 aromatic rings. The van der Waals surface area contributed by atoms with Gasteiger partial charge in [-0.05, 0) is 18.6 Å². The van der Waals surface area contributed by atoms with Gasteiger partial charge < -0.3 is 19.3 Å². The highest BCUT2D eigenvalue weighted by Gasteiger charge is 2.48. The minimum Gasteiger partial charge on any atom is -0.467 e. The van der Waals surface area contributed by atoms with Crippen LogP contribution in [0.2, 0.25) is 0 Å². The Morgan fingerprint density at radius 1 is 1.52 bits per heavy atom. The standard InChI is InChI=1S/C16H21N3O4/c20-15(17-9-13-2-1-6-22-13)14-8-16(23-18-14)4-5-19(11-16)12-3-7-21-10-12/h1-2,6,12H,3-5,7-11H2,(H,17,20). The molecule has 1 N–H and O–H groups in total. The molecule has 2 saturated heterocycles. The molecule has 0 radical (unpaired) electrons. The summed E-state index contributed by atoms with van der Waals surface area (Å²) in [7, 11) is 0. The van der Waals surface area contributed by atoms with Gasteiger partial charge >= 0.3 is 0 Å². The van der Waals surface area contributed by atoms with E-state index in [-0.39, 0.29) is 11.5 Å². The largest absolute Gasteiger partial charge is 0.467 e. The molecule has 3 aliphatic heterocycles. The molecule has 0 saturated carbocycles. The third-order valence-corrected chi connectivity index (χ3v) is 4.87. The fourth-order valence-electron chi connectivity index (χ4n) is 3.54. The van der Waals surface area contributed by atoms with Crippen molar-refractivity contribution in [2.75, 3.05) is 26.3 Å². The summed E-state index contributed by atoms with van der Waals surface area (Å²) < 4.78 is 10.7. The maximum atomic E-state index is 12.2. The average molecular weight is 319 g/mol. The first-order valence-electron chi connectivity index (χ1n) is 8.12. The molecule has 1 amide bonds. The van der Waals surface area contributed by atoms with Gasteiger partial charge in [-0.1, -0.05) is 5.16 Å². The molecule has 0 aromatic carbocycles. The number of carbonyl (C=O) groups is 1. The molecular formula is C16H21N3O4. The zero-order chi connectivity index (χ0) is 15.7. The van der Waals surface area contributed by atoms with Gasteiger partial charge in [-0.3, -0.25) is 9.69 Å². The summed E-state index contributed by atoms with van der Waals surface area (Å²) in [6.07, 6.45) is 4.14. The van der Waals surface area contributed by atoms with Crippen LogP contribution in [-0.2, 0) is 20.9 Å². The molecule has 2 fully saturated rings. The summed E-state index contributed by atoms with van der Waals surface area (Å²) in [6, 6.07) is 4.11.